The van der Waals surface area contributed by atoms with Gasteiger partial charge in [-0.2, -0.15) is 0 Å². The van der Waals surface area contributed by atoms with Gasteiger partial charge in [0.25, 0.3) is 0 Å². The van der Waals surface area contributed by atoms with Crippen LogP contribution in [0, 0.1) is 0 Å². The molecule has 20 heavy (non-hydrogen) atoms. The van der Waals surface area contributed by atoms with Gasteiger partial charge >= 0.3 is 129 Å². The molecule has 0 amide bonds. The van der Waals surface area contributed by atoms with Crippen LogP contribution in [0.15, 0.2) is 33.9 Å². The number of allylic oxidation sites excluding steroid dienone is 1. The Bertz CT molecular complexity index is 483. The predicted octanol–water partition coefficient (Wildman–Crippen LogP) is 3.24. The average molecular weight is 377 g/mol. The van der Waals surface area contributed by atoms with E-state index in [1.807, 2.05) is 0 Å². The van der Waals surface area contributed by atoms with E-state index in [-0.39, 0.29) is 0 Å². The molecular formula is C16H27BN2Sn. The van der Waals surface area contributed by atoms with Crippen LogP contribution in [0.5, 0.6) is 0 Å². The second-order valence-corrected chi connectivity index (χ2v) is 22.0. The fraction of sp³-hybridized carbons (Fsp3) is 0.500. The van der Waals surface area contributed by atoms with E-state index < -0.39 is 18.4 Å². The van der Waals surface area contributed by atoms with Crippen LogP contribution in [-0.4, -0.2) is 62.2 Å². The first-order valence-electron chi connectivity index (χ1n) is 7.49. The van der Waals surface area contributed by atoms with Crippen LogP contribution >= 0.6 is 0 Å². The summed E-state index contributed by atoms with van der Waals surface area (Å²) in [6.45, 7) is 5.14. The predicted molar refractivity (Wildman–Crippen MR) is 93.4 cm³/mol. The topological polar surface area (TPSA) is 6.48 Å². The SMILES string of the molecule is C/[C](=C(/B1N(C)CCN1C)c1ccccc1)[Sn]([CH3])([CH3])[CH3]. The third-order valence-corrected chi connectivity index (χ3v) is 11.7. The molecule has 1 heterocycles. The van der Waals surface area contributed by atoms with Crippen molar-refractivity contribution in [2.75, 3.05) is 27.2 Å². The summed E-state index contributed by atoms with van der Waals surface area (Å²) in [5, 5.41) is 0. The van der Waals surface area contributed by atoms with Gasteiger partial charge in [0.05, 0.1) is 0 Å². The van der Waals surface area contributed by atoms with Gasteiger partial charge < -0.3 is 0 Å². The first-order chi connectivity index (χ1) is 9.32. The van der Waals surface area contributed by atoms with Gasteiger partial charge in [-0.15, -0.1) is 0 Å². The van der Waals surface area contributed by atoms with E-state index in [9.17, 15) is 0 Å². The number of likely N-dealkylation sites (N-methyl/N-ethyl adjacent to an activating group) is 2. The standard InChI is InChI=1S/C13H18BN2.3CH3.Sn/c1-4-13(12-8-6-5-7-9-12)14-15(2)10-11-16(14)3;;;;/h5-9H,10-11H2,1-3H3;3*1H3;. The van der Waals surface area contributed by atoms with Crippen LogP contribution in [0.3, 0.4) is 0 Å². The van der Waals surface area contributed by atoms with Gasteiger partial charge in [0.2, 0.25) is 0 Å². The Kier molecular flexibility index (Phi) is 5.03. The van der Waals surface area contributed by atoms with Crippen molar-refractivity contribution in [2.45, 2.75) is 21.7 Å². The molecule has 0 unspecified atom stereocenters. The Hall–Kier alpha value is -0.256. The van der Waals surface area contributed by atoms with Crippen molar-refractivity contribution in [1.82, 2.24) is 9.62 Å². The summed E-state index contributed by atoms with van der Waals surface area (Å²) in [4.78, 5) is 12.5. The van der Waals surface area contributed by atoms with Crippen LogP contribution in [0.2, 0.25) is 14.8 Å². The molecule has 4 heteroatoms. The Morgan fingerprint density at radius 3 is 1.95 bits per heavy atom. The second kappa shape index (κ2) is 6.24. The molecule has 1 fully saturated rings. The molecule has 1 aromatic carbocycles. The molecule has 1 saturated heterocycles. The summed E-state index contributed by atoms with van der Waals surface area (Å²) in [6, 6.07) is 11.0. The molecule has 1 aliphatic rings. The number of nitrogens with zero attached hydrogens (tertiary/aromatic N) is 2. The zero-order chi connectivity index (χ0) is 14.9. The Labute approximate surface area is 128 Å². The van der Waals surface area contributed by atoms with Crippen LogP contribution in [0.4, 0.5) is 0 Å². The molecule has 108 valence electrons. The molecule has 0 radical (unpaired) electrons. The van der Waals surface area contributed by atoms with E-state index in [0.717, 1.165) is 13.1 Å². The first kappa shape index (κ1) is 16.1. The van der Waals surface area contributed by atoms with Gasteiger partial charge in [0, 0.05) is 0 Å². The van der Waals surface area contributed by atoms with E-state index in [0.29, 0.717) is 6.98 Å². The summed E-state index contributed by atoms with van der Waals surface area (Å²) in [6.07, 6.45) is 0. The summed E-state index contributed by atoms with van der Waals surface area (Å²) < 4.78 is 1.69. The zero-order valence-electron chi connectivity index (χ0n) is 13.8. The quantitative estimate of drug-likeness (QED) is 0.747. The van der Waals surface area contributed by atoms with Crippen molar-refractivity contribution < 1.29 is 0 Å². The maximum atomic E-state index is 2.52. The number of benzene rings is 1. The molecule has 2 nitrogen and oxygen atoms in total. The molecule has 2 rings (SSSR count). The van der Waals surface area contributed by atoms with Crippen molar-refractivity contribution in [3.05, 3.63) is 39.5 Å². The van der Waals surface area contributed by atoms with Crippen LogP contribution in [0.1, 0.15) is 12.5 Å². The molecule has 0 saturated carbocycles. The Morgan fingerprint density at radius 1 is 1.00 bits per heavy atom. The molecule has 0 bridgehead atoms. The van der Waals surface area contributed by atoms with Crippen LogP contribution in [-0.2, 0) is 0 Å². The van der Waals surface area contributed by atoms with Crippen LogP contribution in [0.25, 0.3) is 5.47 Å². The zero-order valence-corrected chi connectivity index (χ0v) is 16.6. The minimum atomic E-state index is -2.07. The molecule has 0 spiro atoms. The molecular weight excluding hydrogens is 350 g/mol. The van der Waals surface area contributed by atoms with Crippen molar-refractivity contribution >= 4 is 30.8 Å². The van der Waals surface area contributed by atoms with Crippen molar-refractivity contribution in [3.63, 3.8) is 0 Å². The fourth-order valence-corrected chi connectivity index (χ4v) is 6.00. The van der Waals surface area contributed by atoms with Gasteiger partial charge in [-0.1, -0.05) is 0 Å². The molecule has 0 N–H and O–H groups in total. The molecule has 0 aromatic heterocycles. The summed E-state index contributed by atoms with van der Waals surface area (Å²) in [7, 11) is 4.51. The summed E-state index contributed by atoms with van der Waals surface area (Å²) in [5.41, 5.74) is 2.97. The molecule has 0 aliphatic carbocycles. The second-order valence-electron chi connectivity index (χ2n) is 6.99. The number of hydrogen-bond acceptors (Lipinski definition) is 2. The van der Waals surface area contributed by atoms with E-state index >= 15 is 0 Å². The van der Waals surface area contributed by atoms with E-state index in [1.54, 1.807) is 9.06 Å². The van der Waals surface area contributed by atoms with Crippen molar-refractivity contribution in [3.8, 4) is 0 Å². The molecule has 1 aliphatic heterocycles. The Balaban J connectivity index is 2.57. The van der Waals surface area contributed by atoms with E-state index in [1.165, 1.54) is 5.56 Å². The third-order valence-electron chi connectivity index (χ3n) is 4.51. The Morgan fingerprint density at radius 2 is 1.50 bits per heavy atom. The monoisotopic (exact) mass is 378 g/mol. The van der Waals surface area contributed by atoms with E-state index in [4.69, 9.17) is 0 Å². The summed E-state index contributed by atoms with van der Waals surface area (Å²) in [5.74, 6) is 0. The average Bonchev–Trinajstić information content (AvgIpc) is 2.71. The maximum absolute atomic E-state index is 2.52. The van der Waals surface area contributed by atoms with Crippen molar-refractivity contribution in [1.29, 1.82) is 0 Å². The van der Waals surface area contributed by atoms with Gasteiger partial charge in [-0.3, -0.25) is 0 Å². The minimum absolute atomic E-state index is 0.438. The first-order valence-corrected chi connectivity index (χ1v) is 17.5. The van der Waals surface area contributed by atoms with E-state index in [2.05, 4.69) is 75.8 Å². The third kappa shape index (κ3) is 3.31. The van der Waals surface area contributed by atoms with Gasteiger partial charge in [-0.25, -0.2) is 0 Å². The number of rotatable bonds is 3. The molecule has 1 aromatic rings. The van der Waals surface area contributed by atoms with Crippen molar-refractivity contribution in [2.24, 2.45) is 0 Å². The fourth-order valence-electron chi connectivity index (χ4n) is 2.92. The summed E-state index contributed by atoms with van der Waals surface area (Å²) >= 11 is -2.07. The van der Waals surface area contributed by atoms with Gasteiger partial charge in [0.1, 0.15) is 0 Å². The van der Waals surface area contributed by atoms with Crippen LogP contribution < -0.4 is 0 Å². The van der Waals surface area contributed by atoms with Gasteiger partial charge in [-0.05, 0) is 0 Å². The molecule has 0 atom stereocenters. The van der Waals surface area contributed by atoms with Gasteiger partial charge in [0.15, 0.2) is 0 Å². The number of hydrogen-bond donors (Lipinski definition) is 0. The normalized spacial score (nSPS) is 19.4.